The van der Waals surface area contributed by atoms with Gasteiger partial charge in [-0.25, -0.2) is 0 Å². The largest absolute Gasteiger partial charge is 0.343 e. The monoisotopic (exact) mass is 254 g/mol. The number of nitrogens with zero attached hydrogens (tertiary/aromatic N) is 2. The first-order valence-corrected chi connectivity index (χ1v) is 7.00. The summed E-state index contributed by atoms with van der Waals surface area (Å²) in [5.41, 5.74) is 0. The fourth-order valence-corrected chi connectivity index (χ4v) is 2.84. The van der Waals surface area contributed by atoms with Crippen molar-refractivity contribution in [1.82, 2.24) is 20.4 Å². The van der Waals surface area contributed by atoms with Crippen LogP contribution in [0.25, 0.3) is 0 Å². The molecular formula is C13H26N4O. The van der Waals surface area contributed by atoms with Crippen LogP contribution in [0.3, 0.4) is 0 Å². The summed E-state index contributed by atoms with van der Waals surface area (Å²) in [5.74, 6) is 0.217. The number of hydrogen-bond donors (Lipinski definition) is 2. The molecule has 2 rings (SSSR count). The number of hydrogen-bond acceptors (Lipinski definition) is 4. The van der Waals surface area contributed by atoms with Crippen molar-refractivity contribution in [3.05, 3.63) is 0 Å². The second kappa shape index (κ2) is 5.99. The van der Waals surface area contributed by atoms with Crippen LogP contribution >= 0.6 is 0 Å². The van der Waals surface area contributed by atoms with Crippen molar-refractivity contribution in [2.45, 2.75) is 37.9 Å². The molecule has 1 amide bonds. The van der Waals surface area contributed by atoms with Crippen molar-refractivity contribution in [1.29, 1.82) is 0 Å². The van der Waals surface area contributed by atoms with Crippen molar-refractivity contribution < 1.29 is 4.79 Å². The van der Waals surface area contributed by atoms with Gasteiger partial charge in [-0.3, -0.25) is 4.79 Å². The molecule has 0 bridgehead atoms. The minimum Gasteiger partial charge on any atom is -0.343 e. The van der Waals surface area contributed by atoms with E-state index in [2.05, 4.69) is 29.5 Å². The zero-order valence-corrected chi connectivity index (χ0v) is 11.8. The summed E-state index contributed by atoms with van der Waals surface area (Å²) in [6, 6.07) is 0.938. The van der Waals surface area contributed by atoms with Crippen LogP contribution in [-0.4, -0.2) is 74.1 Å². The summed E-state index contributed by atoms with van der Waals surface area (Å²) in [6.45, 7) is 5.75. The lowest BCUT2D eigenvalue weighted by atomic mass is 10.1. The van der Waals surface area contributed by atoms with Crippen molar-refractivity contribution in [2.24, 2.45) is 0 Å². The standard InChI is InChI=1S/C13H26N4O/c1-10-7-15-12(8-14-10)13(18)17(3)9-11-5-4-6-16(11)2/h10-12,14-15H,4-9H2,1-3H3. The van der Waals surface area contributed by atoms with Gasteiger partial charge in [0.05, 0.1) is 6.04 Å². The van der Waals surface area contributed by atoms with Gasteiger partial charge in [-0.1, -0.05) is 0 Å². The summed E-state index contributed by atoms with van der Waals surface area (Å²) in [6.07, 6.45) is 2.46. The molecular weight excluding hydrogens is 228 g/mol. The maximum atomic E-state index is 12.3. The Hall–Kier alpha value is -0.650. The Labute approximate surface area is 110 Å². The van der Waals surface area contributed by atoms with Crippen molar-refractivity contribution in [2.75, 3.05) is 40.3 Å². The minimum atomic E-state index is -0.0575. The van der Waals surface area contributed by atoms with Gasteiger partial charge in [0.1, 0.15) is 0 Å². The minimum absolute atomic E-state index is 0.0575. The van der Waals surface area contributed by atoms with Gasteiger partial charge in [-0.2, -0.15) is 0 Å². The summed E-state index contributed by atoms with van der Waals surface area (Å²) in [5, 5.41) is 6.67. The van der Waals surface area contributed by atoms with Crippen molar-refractivity contribution in [3.8, 4) is 0 Å². The van der Waals surface area contributed by atoms with E-state index >= 15 is 0 Å². The first-order chi connectivity index (χ1) is 8.58. The van der Waals surface area contributed by atoms with Crippen LogP contribution in [0.5, 0.6) is 0 Å². The van der Waals surface area contributed by atoms with Crippen LogP contribution < -0.4 is 10.6 Å². The average molecular weight is 254 g/mol. The third-order valence-electron chi connectivity index (χ3n) is 4.17. The van der Waals surface area contributed by atoms with Crippen LogP contribution in [0.2, 0.25) is 0 Å². The molecule has 2 fully saturated rings. The molecule has 2 N–H and O–H groups in total. The molecule has 2 aliphatic rings. The lowest BCUT2D eigenvalue weighted by molar-refractivity contribution is -0.133. The van der Waals surface area contributed by atoms with E-state index in [0.29, 0.717) is 12.1 Å². The molecule has 0 spiro atoms. The highest BCUT2D eigenvalue weighted by molar-refractivity contribution is 5.82. The first kappa shape index (κ1) is 13.8. The van der Waals surface area contributed by atoms with Crippen LogP contribution in [0, 0.1) is 0 Å². The molecule has 104 valence electrons. The molecule has 0 aliphatic carbocycles. The number of nitrogens with one attached hydrogen (secondary N) is 2. The maximum Gasteiger partial charge on any atom is 0.240 e. The molecule has 0 aromatic rings. The molecule has 3 atom stereocenters. The van der Waals surface area contributed by atoms with Crippen LogP contribution in [0.4, 0.5) is 0 Å². The zero-order valence-electron chi connectivity index (χ0n) is 11.8. The lowest BCUT2D eigenvalue weighted by Gasteiger charge is -2.33. The van der Waals surface area contributed by atoms with E-state index in [0.717, 1.165) is 26.2 Å². The number of carbonyl (C=O) groups excluding carboxylic acids is 1. The van der Waals surface area contributed by atoms with E-state index in [9.17, 15) is 4.79 Å². The first-order valence-electron chi connectivity index (χ1n) is 7.00. The number of rotatable bonds is 3. The summed E-state index contributed by atoms with van der Waals surface area (Å²) in [7, 11) is 4.08. The van der Waals surface area contributed by atoms with Gasteiger partial charge in [-0.15, -0.1) is 0 Å². The highest BCUT2D eigenvalue weighted by Gasteiger charge is 2.29. The smallest absolute Gasteiger partial charge is 0.240 e. The van der Waals surface area contributed by atoms with Gasteiger partial charge in [-0.05, 0) is 33.4 Å². The van der Waals surface area contributed by atoms with E-state index in [1.807, 2.05) is 11.9 Å². The number of carbonyl (C=O) groups is 1. The lowest BCUT2D eigenvalue weighted by Crippen LogP contribution is -2.59. The molecule has 5 nitrogen and oxygen atoms in total. The van der Waals surface area contributed by atoms with E-state index in [-0.39, 0.29) is 11.9 Å². The van der Waals surface area contributed by atoms with Crippen LogP contribution in [-0.2, 0) is 4.79 Å². The topological polar surface area (TPSA) is 47.6 Å². The fourth-order valence-electron chi connectivity index (χ4n) is 2.84. The average Bonchev–Trinajstić information content (AvgIpc) is 2.75. The number of likely N-dealkylation sites (tertiary alicyclic amines) is 1. The van der Waals surface area contributed by atoms with Gasteiger partial charge < -0.3 is 20.4 Å². The summed E-state index contributed by atoms with van der Waals surface area (Å²) < 4.78 is 0. The van der Waals surface area contributed by atoms with E-state index < -0.39 is 0 Å². The maximum absolute atomic E-state index is 12.3. The fraction of sp³-hybridized carbons (Fsp3) is 0.923. The van der Waals surface area contributed by atoms with Crippen molar-refractivity contribution in [3.63, 3.8) is 0 Å². The van der Waals surface area contributed by atoms with Crippen LogP contribution in [0.1, 0.15) is 19.8 Å². The molecule has 2 heterocycles. The SMILES string of the molecule is CC1CNC(C(=O)N(C)CC2CCCN2C)CN1. The Balaban J connectivity index is 1.81. The molecule has 18 heavy (non-hydrogen) atoms. The quantitative estimate of drug-likeness (QED) is 0.712. The highest BCUT2D eigenvalue weighted by atomic mass is 16.2. The number of piperazine rings is 1. The third-order valence-corrected chi connectivity index (χ3v) is 4.17. The predicted molar refractivity (Wildman–Crippen MR) is 72.5 cm³/mol. The zero-order chi connectivity index (χ0) is 13.1. The molecule has 5 heteroatoms. The molecule has 2 aliphatic heterocycles. The van der Waals surface area contributed by atoms with Gasteiger partial charge in [0.25, 0.3) is 0 Å². The molecule has 3 unspecified atom stereocenters. The van der Waals surface area contributed by atoms with Crippen molar-refractivity contribution >= 4 is 5.91 Å². The van der Waals surface area contributed by atoms with Gasteiger partial charge in [0.15, 0.2) is 0 Å². The molecule has 0 saturated carbocycles. The number of likely N-dealkylation sites (N-methyl/N-ethyl adjacent to an activating group) is 2. The predicted octanol–water partition coefficient (Wildman–Crippen LogP) is -0.511. The Morgan fingerprint density at radius 2 is 2.17 bits per heavy atom. The van der Waals surface area contributed by atoms with E-state index in [1.54, 1.807) is 0 Å². The second-order valence-electron chi connectivity index (χ2n) is 5.77. The summed E-state index contributed by atoms with van der Waals surface area (Å²) >= 11 is 0. The third kappa shape index (κ3) is 3.22. The summed E-state index contributed by atoms with van der Waals surface area (Å²) in [4.78, 5) is 16.6. The second-order valence-corrected chi connectivity index (χ2v) is 5.77. The Bertz CT molecular complexity index is 289. The van der Waals surface area contributed by atoms with Gasteiger partial charge in [0, 0.05) is 38.8 Å². The molecule has 0 aromatic heterocycles. The molecule has 0 radical (unpaired) electrons. The van der Waals surface area contributed by atoms with Gasteiger partial charge >= 0.3 is 0 Å². The highest BCUT2D eigenvalue weighted by Crippen LogP contribution is 2.15. The Kier molecular flexibility index (Phi) is 4.59. The van der Waals surface area contributed by atoms with E-state index in [1.165, 1.54) is 12.8 Å². The van der Waals surface area contributed by atoms with Gasteiger partial charge in [0.2, 0.25) is 5.91 Å². The normalized spacial score (nSPS) is 33.6. The Morgan fingerprint density at radius 1 is 1.39 bits per heavy atom. The number of amides is 1. The Morgan fingerprint density at radius 3 is 2.72 bits per heavy atom. The molecule has 2 saturated heterocycles. The van der Waals surface area contributed by atoms with Crippen LogP contribution in [0.15, 0.2) is 0 Å². The molecule has 0 aromatic carbocycles. The van der Waals surface area contributed by atoms with E-state index in [4.69, 9.17) is 0 Å².